The van der Waals surface area contributed by atoms with Crippen LogP contribution in [0.5, 0.6) is 0 Å². The first kappa shape index (κ1) is 19.8. The molecule has 1 N–H and O–H groups in total. The first-order valence-electron chi connectivity index (χ1n) is 9.65. The lowest BCUT2D eigenvalue weighted by atomic mass is 10.2. The fraction of sp³-hybridized carbons (Fsp3) is 0.190. The number of amides is 1. The zero-order chi connectivity index (χ0) is 21.4. The standard InChI is InChI=1S/C21H17ClN6O2S/c22-14-2-1-3-15(8-14)28-19-17(11-25-28)20(30)27-16(12-31-21(27)26-19)9-18(29)24-10-13-4-6-23-7-5-13/h1-8,11,16H,9-10,12H2,(H,24,29). The number of benzene rings is 1. The summed E-state index contributed by atoms with van der Waals surface area (Å²) in [5.74, 6) is 0.499. The van der Waals surface area contributed by atoms with Crippen molar-refractivity contribution in [3.05, 3.63) is 75.9 Å². The molecule has 1 unspecified atom stereocenters. The third-order valence-electron chi connectivity index (χ3n) is 5.08. The van der Waals surface area contributed by atoms with Gasteiger partial charge in [-0.25, -0.2) is 9.67 Å². The Labute approximate surface area is 186 Å². The summed E-state index contributed by atoms with van der Waals surface area (Å²) in [4.78, 5) is 34.3. The zero-order valence-corrected chi connectivity index (χ0v) is 17.8. The number of halogens is 1. The van der Waals surface area contributed by atoms with Gasteiger partial charge in [0.15, 0.2) is 10.8 Å². The van der Waals surface area contributed by atoms with E-state index >= 15 is 0 Å². The van der Waals surface area contributed by atoms with Gasteiger partial charge in [0.25, 0.3) is 5.56 Å². The molecule has 156 valence electrons. The number of rotatable bonds is 5. The number of carbonyl (C=O) groups is 1. The Kier molecular flexibility index (Phi) is 5.21. The molecule has 0 fully saturated rings. The molecule has 1 aliphatic rings. The Hall–Kier alpha value is -3.17. The highest BCUT2D eigenvalue weighted by Gasteiger charge is 2.29. The summed E-state index contributed by atoms with van der Waals surface area (Å²) in [6, 6.07) is 10.7. The molecule has 0 saturated carbocycles. The summed E-state index contributed by atoms with van der Waals surface area (Å²) < 4.78 is 3.22. The molecule has 5 rings (SSSR count). The molecule has 4 aromatic rings. The van der Waals surface area contributed by atoms with Crippen LogP contribution in [0.1, 0.15) is 18.0 Å². The quantitative estimate of drug-likeness (QED) is 0.468. The van der Waals surface area contributed by atoms with E-state index < -0.39 is 0 Å². The zero-order valence-electron chi connectivity index (χ0n) is 16.2. The van der Waals surface area contributed by atoms with E-state index in [0.717, 1.165) is 11.3 Å². The minimum Gasteiger partial charge on any atom is -0.352 e. The minimum atomic E-state index is -0.253. The van der Waals surface area contributed by atoms with Crippen molar-refractivity contribution in [2.75, 3.05) is 5.75 Å². The molecule has 1 atom stereocenters. The molecule has 31 heavy (non-hydrogen) atoms. The van der Waals surface area contributed by atoms with E-state index in [-0.39, 0.29) is 23.9 Å². The van der Waals surface area contributed by atoms with E-state index in [2.05, 4.69) is 20.4 Å². The Balaban J connectivity index is 1.40. The number of nitrogens with zero attached hydrogens (tertiary/aromatic N) is 5. The highest BCUT2D eigenvalue weighted by molar-refractivity contribution is 7.99. The average molecular weight is 453 g/mol. The predicted molar refractivity (Wildman–Crippen MR) is 119 cm³/mol. The fourth-order valence-electron chi connectivity index (χ4n) is 3.57. The summed E-state index contributed by atoms with van der Waals surface area (Å²) in [7, 11) is 0. The summed E-state index contributed by atoms with van der Waals surface area (Å²) in [6.45, 7) is 0.423. The van der Waals surface area contributed by atoms with Crippen molar-refractivity contribution in [3.8, 4) is 5.69 Å². The summed E-state index contributed by atoms with van der Waals surface area (Å²) in [5, 5.41) is 8.83. The highest BCUT2D eigenvalue weighted by Crippen LogP contribution is 2.33. The van der Waals surface area contributed by atoms with Gasteiger partial charge in [0.05, 0.1) is 17.9 Å². The van der Waals surface area contributed by atoms with Gasteiger partial charge in [-0.1, -0.05) is 29.4 Å². The van der Waals surface area contributed by atoms with Crippen LogP contribution in [-0.4, -0.2) is 36.0 Å². The second-order valence-corrected chi connectivity index (χ2v) is 8.57. The number of hydrogen-bond acceptors (Lipinski definition) is 6. The molecule has 0 bridgehead atoms. The van der Waals surface area contributed by atoms with Gasteiger partial charge < -0.3 is 5.32 Å². The maximum atomic E-state index is 13.2. The van der Waals surface area contributed by atoms with Gasteiger partial charge in [0.2, 0.25) is 5.91 Å². The maximum absolute atomic E-state index is 13.2. The van der Waals surface area contributed by atoms with E-state index in [1.165, 1.54) is 18.0 Å². The normalized spacial score (nSPS) is 15.2. The minimum absolute atomic E-state index is 0.114. The van der Waals surface area contributed by atoms with Gasteiger partial charge in [0.1, 0.15) is 5.39 Å². The van der Waals surface area contributed by atoms with Crippen LogP contribution in [0.4, 0.5) is 0 Å². The molecule has 0 spiro atoms. The third-order valence-corrected chi connectivity index (χ3v) is 6.42. The van der Waals surface area contributed by atoms with E-state index in [1.807, 2.05) is 24.3 Å². The lowest BCUT2D eigenvalue weighted by Crippen LogP contribution is -2.30. The second-order valence-electron chi connectivity index (χ2n) is 7.14. The van der Waals surface area contributed by atoms with E-state index in [9.17, 15) is 9.59 Å². The monoisotopic (exact) mass is 452 g/mol. The number of thioether (sulfide) groups is 1. The van der Waals surface area contributed by atoms with Crippen LogP contribution in [0.3, 0.4) is 0 Å². The molecule has 0 aliphatic carbocycles. The van der Waals surface area contributed by atoms with Crippen LogP contribution < -0.4 is 10.9 Å². The molecule has 1 aliphatic heterocycles. The van der Waals surface area contributed by atoms with Gasteiger partial charge >= 0.3 is 0 Å². The average Bonchev–Trinajstić information content (AvgIpc) is 3.38. The number of carbonyl (C=O) groups excluding carboxylic acids is 1. The van der Waals surface area contributed by atoms with Crippen molar-refractivity contribution in [2.24, 2.45) is 0 Å². The lowest BCUT2D eigenvalue weighted by Gasteiger charge is -2.13. The smallest absolute Gasteiger partial charge is 0.265 e. The fourth-order valence-corrected chi connectivity index (χ4v) is 4.88. The SMILES string of the molecule is O=C(CC1CSc2nc3c(cnn3-c3cccc(Cl)c3)c(=O)n21)NCc1ccncc1. The third kappa shape index (κ3) is 3.82. The van der Waals surface area contributed by atoms with Gasteiger partial charge in [0, 0.05) is 36.1 Å². The Morgan fingerprint density at radius 2 is 2.10 bits per heavy atom. The van der Waals surface area contributed by atoms with Gasteiger partial charge in [-0.05, 0) is 35.9 Å². The molecule has 0 radical (unpaired) electrons. The molecule has 1 aromatic carbocycles. The topological polar surface area (TPSA) is 94.7 Å². The number of nitrogens with one attached hydrogen (secondary N) is 1. The van der Waals surface area contributed by atoms with Crippen LogP contribution in [0, 0.1) is 0 Å². The van der Waals surface area contributed by atoms with E-state index in [1.54, 1.807) is 33.8 Å². The number of fused-ring (bicyclic) bond motifs is 2. The van der Waals surface area contributed by atoms with Crippen LogP contribution in [-0.2, 0) is 11.3 Å². The number of hydrogen-bond donors (Lipinski definition) is 1. The first-order chi connectivity index (χ1) is 15.1. The van der Waals surface area contributed by atoms with Crippen molar-refractivity contribution in [2.45, 2.75) is 24.2 Å². The second kappa shape index (κ2) is 8.16. The summed E-state index contributed by atoms with van der Waals surface area (Å²) in [5.41, 5.74) is 1.99. The largest absolute Gasteiger partial charge is 0.352 e. The van der Waals surface area contributed by atoms with Crippen molar-refractivity contribution in [1.29, 1.82) is 0 Å². The molecule has 3 aromatic heterocycles. The highest BCUT2D eigenvalue weighted by atomic mass is 35.5. The van der Waals surface area contributed by atoms with Crippen LogP contribution in [0.25, 0.3) is 16.7 Å². The lowest BCUT2D eigenvalue weighted by molar-refractivity contribution is -0.121. The first-order valence-corrected chi connectivity index (χ1v) is 11.0. The van der Waals surface area contributed by atoms with Gasteiger partial charge in [-0.15, -0.1) is 0 Å². The van der Waals surface area contributed by atoms with Crippen molar-refractivity contribution >= 4 is 40.3 Å². The predicted octanol–water partition coefficient (Wildman–Crippen LogP) is 2.98. The van der Waals surface area contributed by atoms with Gasteiger partial charge in [-0.3, -0.25) is 19.1 Å². The van der Waals surface area contributed by atoms with Crippen molar-refractivity contribution in [1.82, 2.24) is 29.6 Å². The Morgan fingerprint density at radius 3 is 2.90 bits per heavy atom. The van der Waals surface area contributed by atoms with Gasteiger partial charge in [-0.2, -0.15) is 5.10 Å². The Bertz CT molecular complexity index is 1340. The molecule has 8 nitrogen and oxygen atoms in total. The molecule has 0 saturated heterocycles. The van der Waals surface area contributed by atoms with Crippen LogP contribution in [0.15, 0.2) is 64.9 Å². The summed E-state index contributed by atoms with van der Waals surface area (Å²) >= 11 is 7.57. The molecular formula is C21H17ClN6O2S. The van der Waals surface area contributed by atoms with E-state index in [4.69, 9.17) is 11.6 Å². The van der Waals surface area contributed by atoms with Crippen molar-refractivity contribution in [3.63, 3.8) is 0 Å². The molecule has 1 amide bonds. The summed E-state index contributed by atoms with van der Waals surface area (Å²) in [6.07, 6.45) is 5.10. The van der Waals surface area contributed by atoms with Crippen LogP contribution >= 0.6 is 23.4 Å². The maximum Gasteiger partial charge on any atom is 0.265 e. The molecular weight excluding hydrogens is 436 g/mol. The molecule has 4 heterocycles. The number of pyridine rings is 1. The van der Waals surface area contributed by atoms with Crippen molar-refractivity contribution < 1.29 is 4.79 Å². The Morgan fingerprint density at radius 1 is 1.26 bits per heavy atom. The number of aromatic nitrogens is 5. The van der Waals surface area contributed by atoms with Crippen LogP contribution in [0.2, 0.25) is 5.02 Å². The molecule has 10 heteroatoms. The van der Waals surface area contributed by atoms with E-state index in [0.29, 0.717) is 33.5 Å².